The standard InChI is InChI=1S/C20H25N5O2/c1-13-17-6-4-5-7-18(17)19(23-22-13)24-9-8-16-10-25(15(3)27)12-20(16,11-24)21-14(2)26/h4-7,16H,8-12H2,1-3H3,(H,21,26)/t16-,20-/m1/s1. The zero-order valence-electron chi connectivity index (χ0n) is 16.0. The third kappa shape index (κ3) is 3.01. The van der Waals surface area contributed by atoms with Gasteiger partial charge in [0.25, 0.3) is 0 Å². The highest BCUT2D eigenvalue weighted by Gasteiger charge is 2.51. The Morgan fingerprint density at radius 3 is 2.59 bits per heavy atom. The molecule has 7 heteroatoms. The number of benzene rings is 1. The number of amides is 2. The van der Waals surface area contributed by atoms with Crippen LogP contribution in [0.4, 0.5) is 5.82 Å². The minimum atomic E-state index is -0.441. The monoisotopic (exact) mass is 367 g/mol. The smallest absolute Gasteiger partial charge is 0.219 e. The van der Waals surface area contributed by atoms with Crippen molar-refractivity contribution in [3.05, 3.63) is 30.0 Å². The summed E-state index contributed by atoms with van der Waals surface area (Å²) in [6.45, 7) is 7.80. The Kier molecular flexibility index (Phi) is 4.25. The average molecular weight is 367 g/mol. The molecule has 0 radical (unpaired) electrons. The van der Waals surface area contributed by atoms with E-state index < -0.39 is 5.54 Å². The summed E-state index contributed by atoms with van der Waals surface area (Å²) >= 11 is 0. The molecule has 142 valence electrons. The zero-order valence-corrected chi connectivity index (χ0v) is 16.0. The first-order valence-electron chi connectivity index (χ1n) is 9.41. The molecule has 1 aromatic carbocycles. The summed E-state index contributed by atoms with van der Waals surface area (Å²) in [5.41, 5.74) is 0.466. The van der Waals surface area contributed by atoms with Crippen molar-refractivity contribution < 1.29 is 9.59 Å². The molecule has 27 heavy (non-hydrogen) atoms. The summed E-state index contributed by atoms with van der Waals surface area (Å²) in [4.78, 5) is 28.0. The second-order valence-electron chi connectivity index (χ2n) is 7.80. The maximum absolute atomic E-state index is 12.0. The number of rotatable bonds is 2. The minimum Gasteiger partial charge on any atom is -0.352 e. The number of hydrogen-bond donors (Lipinski definition) is 1. The maximum atomic E-state index is 12.0. The van der Waals surface area contributed by atoms with Gasteiger partial charge in [-0.2, -0.15) is 5.10 Å². The van der Waals surface area contributed by atoms with E-state index in [0.29, 0.717) is 19.6 Å². The van der Waals surface area contributed by atoms with Crippen molar-refractivity contribution in [2.24, 2.45) is 5.92 Å². The fraction of sp³-hybridized carbons (Fsp3) is 0.500. The number of nitrogens with zero attached hydrogens (tertiary/aromatic N) is 4. The number of carbonyl (C=O) groups excluding carboxylic acids is 2. The topological polar surface area (TPSA) is 78.4 Å². The predicted molar refractivity (Wildman–Crippen MR) is 103 cm³/mol. The quantitative estimate of drug-likeness (QED) is 0.870. The molecule has 2 amide bonds. The molecule has 7 nitrogen and oxygen atoms in total. The number of likely N-dealkylation sites (tertiary alicyclic amines) is 1. The molecule has 0 bridgehead atoms. The van der Waals surface area contributed by atoms with Crippen LogP contribution in [0.2, 0.25) is 0 Å². The average Bonchev–Trinajstić information content (AvgIpc) is 3.00. The molecule has 0 unspecified atom stereocenters. The molecule has 1 aromatic heterocycles. The molecule has 2 fully saturated rings. The molecule has 2 atom stereocenters. The SMILES string of the molecule is CC(=O)N[C@]12CN(C(C)=O)C[C@H]1CCN(c1nnc(C)c3ccccc13)C2. The predicted octanol–water partition coefficient (Wildman–Crippen LogP) is 1.50. The van der Waals surface area contributed by atoms with Crippen molar-refractivity contribution in [1.29, 1.82) is 0 Å². The highest BCUT2D eigenvalue weighted by molar-refractivity contribution is 5.93. The van der Waals surface area contributed by atoms with Gasteiger partial charge < -0.3 is 15.1 Å². The molecule has 1 N–H and O–H groups in total. The van der Waals surface area contributed by atoms with Crippen molar-refractivity contribution in [2.75, 3.05) is 31.1 Å². The van der Waals surface area contributed by atoms with Crippen molar-refractivity contribution in [3.63, 3.8) is 0 Å². The highest BCUT2D eigenvalue weighted by atomic mass is 16.2. The first-order valence-corrected chi connectivity index (χ1v) is 9.41. The van der Waals surface area contributed by atoms with E-state index in [1.165, 1.54) is 0 Å². The number of nitrogens with one attached hydrogen (secondary N) is 1. The van der Waals surface area contributed by atoms with Crippen LogP contribution in [0, 0.1) is 12.8 Å². The number of carbonyl (C=O) groups is 2. The lowest BCUT2D eigenvalue weighted by atomic mass is 9.80. The molecule has 3 heterocycles. The van der Waals surface area contributed by atoms with E-state index in [2.05, 4.69) is 32.5 Å². The van der Waals surface area contributed by atoms with Crippen LogP contribution in [0.15, 0.2) is 24.3 Å². The lowest BCUT2D eigenvalue weighted by molar-refractivity contribution is -0.128. The number of anilines is 1. The van der Waals surface area contributed by atoms with E-state index in [-0.39, 0.29) is 17.7 Å². The van der Waals surface area contributed by atoms with E-state index in [0.717, 1.165) is 35.2 Å². The van der Waals surface area contributed by atoms with Gasteiger partial charge in [0.05, 0.1) is 11.2 Å². The van der Waals surface area contributed by atoms with Crippen molar-refractivity contribution in [3.8, 4) is 0 Å². The van der Waals surface area contributed by atoms with Gasteiger partial charge in [0.1, 0.15) is 0 Å². The summed E-state index contributed by atoms with van der Waals surface area (Å²) in [5.74, 6) is 1.10. The van der Waals surface area contributed by atoms with Gasteiger partial charge in [0.15, 0.2) is 5.82 Å². The Morgan fingerprint density at radius 2 is 1.89 bits per heavy atom. The summed E-state index contributed by atoms with van der Waals surface area (Å²) in [5, 5.41) is 14.2. The van der Waals surface area contributed by atoms with E-state index >= 15 is 0 Å². The molecule has 2 saturated heterocycles. The Labute approximate surface area is 158 Å². The second kappa shape index (κ2) is 6.48. The molecule has 4 rings (SSSR count). The number of fused-ring (bicyclic) bond motifs is 2. The van der Waals surface area contributed by atoms with E-state index in [4.69, 9.17) is 0 Å². The van der Waals surface area contributed by atoms with Crippen LogP contribution >= 0.6 is 0 Å². The van der Waals surface area contributed by atoms with Crippen LogP contribution < -0.4 is 10.2 Å². The molecule has 2 aliphatic heterocycles. The fourth-order valence-corrected chi connectivity index (χ4v) is 4.66. The Hall–Kier alpha value is -2.70. The van der Waals surface area contributed by atoms with Crippen LogP contribution in [0.1, 0.15) is 26.0 Å². The molecule has 2 aliphatic rings. The summed E-state index contributed by atoms with van der Waals surface area (Å²) in [6.07, 6.45) is 0.897. The highest BCUT2D eigenvalue weighted by Crippen LogP contribution is 2.38. The van der Waals surface area contributed by atoms with Gasteiger partial charge in [-0.05, 0) is 13.3 Å². The Balaban J connectivity index is 1.72. The molecular formula is C20H25N5O2. The number of piperidine rings is 1. The normalized spacial score (nSPS) is 24.8. The lowest BCUT2D eigenvalue weighted by Gasteiger charge is -2.44. The first-order chi connectivity index (χ1) is 12.9. The third-order valence-corrected chi connectivity index (χ3v) is 5.94. The van der Waals surface area contributed by atoms with Gasteiger partial charge in [-0.25, -0.2) is 0 Å². The van der Waals surface area contributed by atoms with E-state index in [1.807, 2.05) is 24.0 Å². The Morgan fingerprint density at radius 1 is 1.15 bits per heavy atom. The van der Waals surface area contributed by atoms with Crippen molar-refractivity contribution in [2.45, 2.75) is 32.7 Å². The summed E-state index contributed by atoms with van der Waals surface area (Å²) in [7, 11) is 0. The van der Waals surface area contributed by atoms with Crippen LogP contribution in [-0.2, 0) is 9.59 Å². The van der Waals surface area contributed by atoms with E-state index in [1.54, 1.807) is 13.8 Å². The zero-order chi connectivity index (χ0) is 19.2. The molecule has 0 aliphatic carbocycles. The summed E-state index contributed by atoms with van der Waals surface area (Å²) < 4.78 is 0. The fourth-order valence-electron chi connectivity index (χ4n) is 4.66. The van der Waals surface area contributed by atoms with Crippen LogP contribution in [0.25, 0.3) is 10.8 Å². The number of aryl methyl sites for hydroxylation is 1. The van der Waals surface area contributed by atoms with Gasteiger partial charge in [-0.3, -0.25) is 9.59 Å². The largest absolute Gasteiger partial charge is 0.352 e. The maximum Gasteiger partial charge on any atom is 0.219 e. The van der Waals surface area contributed by atoms with Crippen molar-refractivity contribution >= 4 is 28.4 Å². The molecule has 0 spiro atoms. The van der Waals surface area contributed by atoms with Crippen LogP contribution in [-0.4, -0.2) is 58.6 Å². The molecule has 0 saturated carbocycles. The minimum absolute atomic E-state index is 0.0567. The molecular weight excluding hydrogens is 342 g/mol. The first kappa shape index (κ1) is 17.7. The van der Waals surface area contributed by atoms with Gasteiger partial charge in [0, 0.05) is 56.7 Å². The van der Waals surface area contributed by atoms with Crippen molar-refractivity contribution in [1.82, 2.24) is 20.4 Å². The lowest BCUT2D eigenvalue weighted by Crippen LogP contribution is -2.63. The van der Waals surface area contributed by atoms with E-state index in [9.17, 15) is 9.59 Å². The summed E-state index contributed by atoms with van der Waals surface area (Å²) in [6, 6.07) is 8.15. The van der Waals surface area contributed by atoms with Crippen LogP contribution in [0.3, 0.4) is 0 Å². The number of hydrogen-bond acceptors (Lipinski definition) is 5. The molecule has 2 aromatic rings. The van der Waals surface area contributed by atoms with Gasteiger partial charge >= 0.3 is 0 Å². The van der Waals surface area contributed by atoms with Crippen LogP contribution in [0.5, 0.6) is 0 Å². The number of aromatic nitrogens is 2. The van der Waals surface area contributed by atoms with Gasteiger partial charge in [0.2, 0.25) is 11.8 Å². The second-order valence-corrected chi connectivity index (χ2v) is 7.80. The third-order valence-electron chi connectivity index (χ3n) is 5.94. The van der Waals surface area contributed by atoms with Gasteiger partial charge in [-0.1, -0.05) is 24.3 Å². The van der Waals surface area contributed by atoms with Gasteiger partial charge in [-0.15, -0.1) is 5.10 Å². The Bertz CT molecular complexity index is 914.